The van der Waals surface area contributed by atoms with E-state index in [1.807, 2.05) is 32.0 Å². The highest BCUT2D eigenvalue weighted by molar-refractivity contribution is 5.47. The second-order valence-electron chi connectivity index (χ2n) is 5.92. The summed E-state index contributed by atoms with van der Waals surface area (Å²) in [5.74, 6) is 0.837. The van der Waals surface area contributed by atoms with Gasteiger partial charge in [-0.2, -0.15) is 0 Å². The summed E-state index contributed by atoms with van der Waals surface area (Å²) in [4.78, 5) is 2.27. The number of hydrogen-bond acceptors (Lipinski definition) is 5. The van der Waals surface area contributed by atoms with Gasteiger partial charge in [0.2, 0.25) is 0 Å². The van der Waals surface area contributed by atoms with E-state index >= 15 is 0 Å². The first kappa shape index (κ1) is 15.1. The first-order valence-corrected chi connectivity index (χ1v) is 6.87. The number of nitrogens with two attached hydrogens (primary N) is 1. The smallest absolute Gasteiger partial charge is 0.123 e. The lowest BCUT2D eigenvalue weighted by molar-refractivity contribution is -0.150. The van der Waals surface area contributed by atoms with Crippen molar-refractivity contribution in [2.45, 2.75) is 32.1 Å². The van der Waals surface area contributed by atoms with Crippen LogP contribution in [0.3, 0.4) is 0 Å². The summed E-state index contributed by atoms with van der Waals surface area (Å²) < 4.78 is 11.2. The number of morpholine rings is 1. The molecule has 112 valence electrons. The lowest BCUT2D eigenvalue weighted by Crippen LogP contribution is -2.53. The van der Waals surface area contributed by atoms with Gasteiger partial charge in [0.25, 0.3) is 0 Å². The fourth-order valence-corrected chi connectivity index (χ4v) is 2.80. The van der Waals surface area contributed by atoms with Crippen LogP contribution in [-0.4, -0.2) is 48.5 Å². The molecule has 1 saturated heterocycles. The number of ether oxygens (including phenoxy) is 2. The molecule has 1 aromatic carbocycles. The number of nitrogens with zero attached hydrogens (tertiary/aromatic N) is 1. The summed E-state index contributed by atoms with van der Waals surface area (Å²) in [6.07, 6.45) is -0.147. The molecule has 0 amide bonds. The summed E-state index contributed by atoms with van der Waals surface area (Å²) >= 11 is 0. The molecule has 1 aliphatic rings. The van der Waals surface area contributed by atoms with E-state index in [1.54, 1.807) is 7.11 Å². The predicted molar refractivity (Wildman–Crippen MR) is 78.7 cm³/mol. The fourth-order valence-electron chi connectivity index (χ4n) is 2.80. The van der Waals surface area contributed by atoms with Gasteiger partial charge in [-0.1, -0.05) is 0 Å². The van der Waals surface area contributed by atoms with Crippen LogP contribution in [0.2, 0.25) is 0 Å². The Bertz CT molecular complexity index is 462. The highest BCUT2D eigenvalue weighted by atomic mass is 16.5. The molecule has 5 heteroatoms. The molecule has 0 spiro atoms. The third kappa shape index (κ3) is 3.62. The number of rotatable bonds is 4. The number of nitrogen functional groups attached to an aromatic ring is 1. The van der Waals surface area contributed by atoms with Crippen LogP contribution < -0.4 is 10.5 Å². The van der Waals surface area contributed by atoms with E-state index in [4.69, 9.17) is 15.2 Å². The minimum absolute atomic E-state index is 0.0357. The molecule has 1 aliphatic heterocycles. The van der Waals surface area contributed by atoms with Crippen molar-refractivity contribution >= 4 is 5.69 Å². The van der Waals surface area contributed by atoms with Crippen LogP contribution in [0.15, 0.2) is 18.2 Å². The predicted octanol–water partition coefficient (Wildman–Crippen LogP) is 1.25. The van der Waals surface area contributed by atoms with Crippen molar-refractivity contribution in [2.75, 3.05) is 32.5 Å². The molecule has 3 N–H and O–H groups in total. The van der Waals surface area contributed by atoms with Crippen molar-refractivity contribution in [3.63, 3.8) is 0 Å². The van der Waals surface area contributed by atoms with Crippen molar-refractivity contribution < 1.29 is 14.6 Å². The highest BCUT2D eigenvalue weighted by Gasteiger charge is 2.33. The van der Waals surface area contributed by atoms with Crippen molar-refractivity contribution in [1.82, 2.24) is 4.90 Å². The van der Waals surface area contributed by atoms with Gasteiger partial charge in [0.05, 0.1) is 25.4 Å². The van der Waals surface area contributed by atoms with E-state index in [-0.39, 0.29) is 18.3 Å². The van der Waals surface area contributed by atoms with Gasteiger partial charge in [0, 0.05) is 30.9 Å². The maximum atomic E-state index is 9.36. The number of aliphatic hydroxyl groups is 1. The van der Waals surface area contributed by atoms with Gasteiger partial charge in [-0.3, -0.25) is 4.90 Å². The number of benzene rings is 1. The van der Waals surface area contributed by atoms with Crippen molar-refractivity contribution in [2.24, 2.45) is 0 Å². The number of hydrogen-bond donors (Lipinski definition) is 2. The van der Waals surface area contributed by atoms with Gasteiger partial charge >= 0.3 is 0 Å². The maximum Gasteiger partial charge on any atom is 0.123 e. The zero-order chi connectivity index (χ0) is 14.8. The summed E-state index contributed by atoms with van der Waals surface area (Å²) in [5.41, 5.74) is 7.38. The Morgan fingerprint density at radius 3 is 2.90 bits per heavy atom. The van der Waals surface area contributed by atoms with Gasteiger partial charge in [0.1, 0.15) is 5.75 Å². The van der Waals surface area contributed by atoms with Gasteiger partial charge in [0.15, 0.2) is 0 Å². The lowest BCUT2D eigenvalue weighted by atomic mass is 10.0. The van der Waals surface area contributed by atoms with Gasteiger partial charge < -0.3 is 20.3 Å². The third-order valence-electron chi connectivity index (χ3n) is 3.45. The standard InChI is InChI=1S/C15H24N2O3/c1-15(2)10-17(8-13(9-18)20-15)7-11-6-12(16)4-5-14(11)19-3/h4-6,13,18H,7-10,16H2,1-3H3. The molecule has 1 fully saturated rings. The average molecular weight is 280 g/mol. The fraction of sp³-hybridized carbons (Fsp3) is 0.600. The molecule has 1 heterocycles. The maximum absolute atomic E-state index is 9.36. The first-order chi connectivity index (χ1) is 9.43. The van der Waals surface area contributed by atoms with Crippen LogP contribution in [-0.2, 0) is 11.3 Å². The summed E-state index contributed by atoms with van der Waals surface area (Å²) in [6.45, 7) is 6.36. The average Bonchev–Trinajstić information content (AvgIpc) is 2.37. The third-order valence-corrected chi connectivity index (χ3v) is 3.45. The highest BCUT2D eigenvalue weighted by Crippen LogP contribution is 2.26. The van der Waals surface area contributed by atoms with Gasteiger partial charge in [-0.25, -0.2) is 0 Å². The Kier molecular flexibility index (Phi) is 4.52. The van der Waals surface area contributed by atoms with E-state index in [9.17, 15) is 5.11 Å². The number of aliphatic hydroxyl groups excluding tert-OH is 1. The summed E-state index contributed by atoms with van der Waals surface area (Å²) in [5, 5.41) is 9.36. The van der Waals surface area contributed by atoms with E-state index in [2.05, 4.69) is 4.90 Å². The van der Waals surface area contributed by atoms with E-state index in [0.29, 0.717) is 6.54 Å². The van der Waals surface area contributed by atoms with E-state index in [1.165, 1.54) is 0 Å². The van der Waals surface area contributed by atoms with Crippen LogP contribution in [0.4, 0.5) is 5.69 Å². The van der Waals surface area contributed by atoms with Gasteiger partial charge in [-0.05, 0) is 32.0 Å². The van der Waals surface area contributed by atoms with Crippen LogP contribution >= 0.6 is 0 Å². The second kappa shape index (κ2) is 5.99. The first-order valence-electron chi connectivity index (χ1n) is 6.87. The van der Waals surface area contributed by atoms with Crippen molar-refractivity contribution in [3.05, 3.63) is 23.8 Å². The minimum atomic E-state index is -0.265. The molecule has 0 aliphatic carbocycles. The molecule has 1 aromatic rings. The monoisotopic (exact) mass is 280 g/mol. The second-order valence-corrected chi connectivity index (χ2v) is 5.92. The Balaban J connectivity index is 2.14. The Morgan fingerprint density at radius 2 is 2.25 bits per heavy atom. The zero-order valence-electron chi connectivity index (χ0n) is 12.4. The van der Waals surface area contributed by atoms with Gasteiger partial charge in [-0.15, -0.1) is 0 Å². The summed E-state index contributed by atoms with van der Waals surface area (Å²) in [7, 11) is 1.66. The minimum Gasteiger partial charge on any atom is -0.496 e. The van der Waals surface area contributed by atoms with Crippen LogP contribution in [0.25, 0.3) is 0 Å². The Labute approximate surface area is 120 Å². The molecule has 20 heavy (non-hydrogen) atoms. The van der Waals surface area contributed by atoms with Crippen LogP contribution in [0, 0.1) is 0 Å². The Hall–Kier alpha value is -1.30. The normalized spacial score (nSPS) is 22.7. The Morgan fingerprint density at radius 1 is 1.50 bits per heavy atom. The molecule has 0 aromatic heterocycles. The molecule has 0 radical (unpaired) electrons. The summed E-state index contributed by atoms with van der Waals surface area (Å²) in [6, 6.07) is 5.66. The molecular formula is C15H24N2O3. The lowest BCUT2D eigenvalue weighted by Gasteiger charge is -2.42. The quantitative estimate of drug-likeness (QED) is 0.812. The molecule has 1 unspecified atom stereocenters. The van der Waals surface area contributed by atoms with Crippen LogP contribution in [0.1, 0.15) is 19.4 Å². The zero-order valence-corrected chi connectivity index (χ0v) is 12.4. The molecule has 1 atom stereocenters. The molecule has 2 rings (SSSR count). The molecule has 5 nitrogen and oxygen atoms in total. The number of anilines is 1. The molecule has 0 saturated carbocycles. The van der Waals surface area contributed by atoms with E-state index in [0.717, 1.165) is 30.1 Å². The topological polar surface area (TPSA) is 68.0 Å². The SMILES string of the molecule is COc1ccc(N)cc1CN1CC(CO)OC(C)(C)C1. The molecular weight excluding hydrogens is 256 g/mol. The number of methoxy groups -OCH3 is 1. The largest absolute Gasteiger partial charge is 0.496 e. The van der Waals surface area contributed by atoms with Crippen LogP contribution in [0.5, 0.6) is 5.75 Å². The van der Waals surface area contributed by atoms with Crippen molar-refractivity contribution in [1.29, 1.82) is 0 Å². The van der Waals surface area contributed by atoms with E-state index < -0.39 is 0 Å². The molecule has 0 bridgehead atoms. The van der Waals surface area contributed by atoms with Crippen molar-refractivity contribution in [3.8, 4) is 5.75 Å².